The standard InChI is InChI=1S/C76H148O6/c1-4-7-10-13-16-19-21-23-25-27-29-31-33-35-36-37-38-39-40-41-43-44-46-48-50-52-54-57-60-63-66-69-75(78)81-72-73(71-80-74(77)68-65-62-59-56-18-15-12-9-6-3)82-76(79)70-67-64-61-58-55-53-51-49-47-45-42-34-32-30-28-26-24-22-20-17-14-11-8-5-2/h73H,4-72H2,1-3H3. The second-order valence-corrected chi connectivity index (χ2v) is 26.3. The third-order valence-electron chi connectivity index (χ3n) is 17.9. The lowest BCUT2D eigenvalue weighted by atomic mass is 10.0. The average molecular weight is 1160 g/mol. The summed E-state index contributed by atoms with van der Waals surface area (Å²) in [5, 5.41) is 0. The highest BCUT2D eigenvalue weighted by molar-refractivity contribution is 5.71. The average Bonchev–Trinajstić information content (AvgIpc) is 3.48. The molecule has 0 aliphatic heterocycles. The van der Waals surface area contributed by atoms with Crippen LogP contribution in [0.3, 0.4) is 0 Å². The lowest BCUT2D eigenvalue weighted by Gasteiger charge is -2.18. The van der Waals surface area contributed by atoms with E-state index in [9.17, 15) is 14.4 Å². The number of rotatable bonds is 72. The molecular weight excluding hydrogens is 1010 g/mol. The maximum atomic E-state index is 12.9. The number of carbonyl (C=O) groups is 3. The van der Waals surface area contributed by atoms with Crippen LogP contribution in [0.25, 0.3) is 0 Å². The Labute approximate surface area is 514 Å². The van der Waals surface area contributed by atoms with Crippen molar-refractivity contribution in [1.29, 1.82) is 0 Å². The van der Waals surface area contributed by atoms with Crippen molar-refractivity contribution in [2.75, 3.05) is 13.2 Å². The summed E-state index contributed by atoms with van der Waals surface area (Å²) >= 11 is 0. The maximum absolute atomic E-state index is 12.9. The van der Waals surface area contributed by atoms with Gasteiger partial charge in [-0.2, -0.15) is 0 Å². The molecule has 0 saturated carbocycles. The Bertz CT molecular complexity index is 1240. The Hall–Kier alpha value is -1.59. The molecule has 0 radical (unpaired) electrons. The molecule has 0 rings (SSSR count). The zero-order valence-corrected chi connectivity index (χ0v) is 56.3. The predicted octanol–water partition coefficient (Wildman–Crippen LogP) is 26.2. The molecule has 0 bridgehead atoms. The highest BCUT2D eigenvalue weighted by atomic mass is 16.6. The summed E-state index contributed by atoms with van der Waals surface area (Å²) in [6.45, 7) is 6.73. The number of unbranched alkanes of at least 4 members (excludes halogenated alkanes) is 61. The monoisotopic (exact) mass is 1160 g/mol. The van der Waals surface area contributed by atoms with Crippen molar-refractivity contribution >= 4 is 17.9 Å². The fraction of sp³-hybridized carbons (Fsp3) is 0.961. The molecule has 0 aromatic heterocycles. The smallest absolute Gasteiger partial charge is 0.306 e. The number of esters is 3. The molecule has 1 unspecified atom stereocenters. The van der Waals surface area contributed by atoms with E-state index in [0.29, 0.717) is 19.3 Å². The molecule has 0 aromatic rings. The van der Waals surface area contributed by atoms with Gasteiger partial charge in [-0.3, -0.25) is 14.4 Å². The molecule has 0 aromatic carbocycles. The van der Waals surface area contributed by atoms with Crippen LogP contribution in [0.1, 0.15) is 451 Å². The summed E-state index contributed by atoms with van der Waals surface area (Å²) < 4.78 is 17.0. The van der Waals surface area contributed by atoms with Crippen LogP contribution in [-0.2, 0) is 28.6 Å². The number of hydrogen-bond donors (Lipinski definition) is 0. The molecule has 0 aliphatic rings. The minimum Gasteiger partial charge on any atom is -0.462 e. The topological polar surface area (TPSA) is 78.9 Å². The highest BCUT2D eigenvalue weighted by Crippen LogP contribution is 2.20. The van der Waals surface area contributed by atoms with Crippen LogP contribution in [0, 0.1) is 0 Å². The van der Waals surface area contributed by atoms with Gasteiger partial charge in [0, 0.05) is 19.3 Å². The molecule has 0 heterocycles. The summed E-state index contributed by atoms with van der Waals surface area (Å²) in [5.74, 6) is -0.824. The van der Waals surface area contributed by atoms with Gasteiger partial charge < -0.3 is 14.2 Å². The van der Waals surface area contributed by atoms with Gasteiger partial charge in [0.25, 0.3) is 0 Å². The van der Waals surface area contributed by atoms with Crippen LogP contribution in [-0.4, -0.2) is 37.2 Å². The third kappa shape index (κ3) is 69.2. The first-order chi connectivity index (χ1) is 40.5. The molecule has 1 atom stereocenters. The quantitative estimate of drug-likeness (QED) is 0.0343. The molecule has 0 spiro atoms. The lowest BCUT2D eigenvalue weighted by molar-refractivity contribution is -0.167. The SMILES string of the molecule is CCCCCCCCCCCCCCCCCCCCCCCCCCCCCCCCCC(=O)OCC(COC(=O)CCCCCCCCCCC)OC(=O)CCCCCCCCCCCCCCCCCCCCCCCCCC. The zero-order chi connectivity index (χ0) is 59.2. The Morgan fingerprint density at radius 1 is 0.195 bits per heavy atom. The van der Waals surface area contributed by atoms with Crippen molar-refractivity contribution in [2.45, 2.75) is 457 Å². The molecule has 0 fully saturated rings. The summed E-state index contributed by atoms with van der Waals surface area (Å²) in [5.41, 5.74) is 0. The molecule has 0 aliphatic carbocycles. The van der Waals surface area contributed by atoms with Gasteiger partial charge in [0.1, 0.15) is 13.2 Å². The molecule has 6 heteroatoms. The number of carbonyl (C=O) groups excluding carboxylic acids is 3. The van der Waals surface area contributed by atoms with Crippen LogP contribution in [0.2, 0.25) is 0 Å². The second-order valence-electron chi connectivity index (χ2n) is 26.3. The van der Waals surface area contributed by atoms with Crippen molar-refractivity contribution in [2.24, 2.45) is 0 Å². The van der Waals surface area contributed by atoms with E-state index in [0.717, 1.165) is 57.8 Å². The van der Waals surface area contributed by atoms with Gasteiger partial charge in [0.15, 0.2) is 6.10 Å². The minimum atomic E-state index is -0.763. The Morgan fingerprint density at radius 3 is 0.488 bits per heavy atom. The number of ether oxygens (including phenoxy) is 3. The van der Waals surface area contributed by atoms with Crippen molar-refractivity contribution in [1.82, 2.24) is 0 Å². The van der Waals surface area contributed by atoms with E-state index in [4.69, 9.17) is 14.2 Å². The maximum Gasteiger partial charge on any atom is 0.306 e. The van der Waals surface area contributed by atoms with Gasteiger partial charge in [-0.25, -0.2) is 0 Å². The fourth-order valence-electron chi connectivity index (χ4n) is 12.2. The predicted molar refractivity (Wildman–Crippen MR) is 358 cm³/mol. The van der Waals surface area contributed by atoms with Gasteiger partial charge >= 0.3 is 17.9 Å². The molecular formula is C76H148O6. The van der Waals surface area contributed by atoms with Crippen LogP contribution in [0.5, 0.6) is 0 Å². The normalized spacial score (nSPS) is 11.9. The first-order valence-corrected chi connectivity index (χ1v) is 38.0. The van der Waals surface area contributed by atoms with E-state index in [1.54, 1.807) is 0 Å². The van der Waals surface area contributed by atoms with Gasteiger partial charge in [-0.1, -0.05) is 412 Å². The lowest BCUT2D eigenvalue weighted by Crippen LogP contribution is -2.30. The van der Waals surface area contributed by atoms with Crippen molar-refractivity contribution < 1.29 is 28.6 Å². The molecule has 0 N–H and O–H groups in total. The summed E-state index contributed by atoms with van der Waals surface area (Å²) in [6.07, 6.45) is 86.1. The molecule has 82 heavy (non-hydrogen) atoms. The van der Waals surface area contributed by atoms with E-state index in [-0.39, 0.29) is 31.1 Å². The zero-order valence-electron chi connectivity index (χ0n) is 56.3. The van der Waals surface area contributed by atoms with E-state index in [2.05, 4.69) is 20.8 Å². The summed E-state index contributed by atoms with van der Waals surface area (Å²) in [7, 11) is 0. The van der Waals surface area contributed by atoms with Crippen molar-refractivity contribution in [3.63, 3.8) is 0 Å². The highest BCUT2D eigenvalue weighted by Gasteiger charge is 2.20. The summed E-state index contributed by atoms with van der Waals surface area (Å²) in [4.78, 5) is 38.3. The summed E-state index contributed by atoms with van der Waals surface area (Å²) in [6, 6.07) is 0. The number of hydrogen-bond acceptors (Lipinski definition) is 6. The van der Waals surface area contributed by atoms with Gasteiger partial charge in [0.2, 0.25) is 0 Å². The Kier molecular flexibility index (Phi) is 70.5. The Balaban J connectivity index is 4.01. The van der Waals surface area contributed by atoms with Gasteiger partial charge in [-0.05, 0) is 19.3 Å². The van der Waals surface area contributed by atoms with E-state index >= 15 is 0 Å². The van der Waals surface area contributed by atoms with Crippen molar-refractivity contribution in [3.05, 3.63) is 0 Å². The molecule has 488 valence electrons. The van der Waals surface area contributed by atoms with Crippen LogP contribution in [0.4, 0.5) is 0 Å². The first-order valence-electron chi connectivity index (χ1n) is 38.0. The molecule has 0 amide bonds. The molecule has 0 saturated heterocycles. The van der Waals surface area contributed by atoms with E-state index in [1.807, 2.05) is 0 Å². The van der Waals surface area contributed by atoms with Crippen LogP contribution < -0.4 is 0 Å². The minimum absolute atomic E-state index is 0.0606. The van der Waals surface area contributed by atoms with Crippen LogP contribution in [0.15, 0.2) is 0 Å². The van der Waals surface area contributed by atoms with E-state index in [1.165, 1.54) is 353 Å². The Morgan fingerprint density at radius 2 is 0.329 bits per heavy atom. The first kappa shape index (κ1) is 80.4. The van der Waals surface area contributed by atoms with E-state index < -0.39 is 6.10 Å². The van der Waals surface area contributed by atoms with Gasteiger partial charge in [0.05, 0.1) is 0 Å². The fourth-order valence-corrected chi connectivity index (χ4v) is 12.2. The third-order valence-corrected chi connectivity index (χ3v) is 17.9. The largest absolute Gasteiger partial charge is 0.462 e. The van der Waals surface area contributed by atoms with Crippen molar-refractivity contribution in [3.8, 4) is 0 Å². The van der Waals surface area contributed by atoms with Crippen LogP contribution >= 0.6 is 0 Å². The second kappa shape index (κ2) is 71.9. The molecule has 6 nitrogen and oxygen atoms in total. The van der Waals surface area contributed by atoms with Gasteiger partial charge in [-0.15, -0.1) is 0 Å².